The number of anilines is 1. The molecule has 3 rings (SSSR count). The summed E-state index contributed by atoms with van der Waals surface area (Å²) in [5.41, 5.74) is 3.71. The van der Waals surface area contributed by atoms with Crippen molar-refractivity contribution >= 4 is 21.6 Å². The lowest BCUT2D eigenvalue weighted by Gasteiger charge is -2.19. The Morgan fingerprint density at radius 3 is 2.90 bits per heavy atom. The number of hydrogen-bond donors (Lipinski definition) is 2. The molecule has 20 heavy (non-hydrogen) atoms. The fourth-order valence-electron chi connectivity index (χ4n) is 2.62. The molecular weight excluding hydrogens is 316 g/mol. The number of aryl methyl sites for hydroxylation is 1. The Labute approximate surface area is 127 Å². The van der Waals surface area contributed by atoms with Crippen molar-refractivity contribution in [2.75, 3.05) is 18.0 Å². The molecule has 2 N–H and O–H groups in total. The monoisotopic (exact) mass is 334 g/mol. The van der Waals surface area contributed by atoms with Gasteiger partial charge in [0, 0.05) is 47.1 Å². The van der Waals surface area contributed by atoms with Gasteiger partial charge in [0.25, 0.3) is 0 Å². The van der Waals surface area contributed by atoms with E-state index in [9.17, 15) is 0 Å². The third-order valence-corrected chi connectivity index (χ3v) is 4.42. The molecule has 1 fully saturated rings. The van der Waals surface area contributed by atoms with Gasteiger partial charge in [-0.2, -0.15) is 5.10 Å². The van der Waals surface area contributed by atoms with E-state index in [2.05, 4.69) is 67.5 Å². The van der Waals surface area contributed by atoms with Gasteiger partial charge in [-0.25, -0.2) is 0 Å². The van der Waals surface area contributed by atoms with E-state index in [1.807, 2.05) is 6.20 Å². The van der Waals surface area contributed by atoms with Crippen LogP contribution in [0.2, 0.25) is 0 Å². The fraction of sp³-hybridized carbons (Fsp3) is 0.400. The van der Waals surface area contributed by atoms with E-state index < -0.39 is 0 Å². The van der Waals surface area contributed by atoms with Crippen LogP contribution < -0.4 is 10.2 Å². The first-order chi connectivity index (χ1) is 9.72. The van der Waals surface area contributed by atoms with Crippen molar-refractivity contribution in [3.63, 3.8) is 0 Å². The molecule has 106 valence electrons. The van der Waals surface area contributed by atoms with E-state index in [1.165, 1.54) is 17.7 Å². The van der Waals surface area contributed by atoms with Crippen molar-refractivity contribution in [2.24, 2.45) is 0 Å². The Morgan fingerprint density at radius 1 is 1.40 bits per heavy atom. The quantitative estimate of drug-likeness (QED) is 0.903. The average molecular weight is 335 g/mol. The van der Waals surface area contributed by atoms with Crippen molar-refractivity contribution in [3.8, 4) is 0 Å². The molecule has 0 amide bonds. The van der Waals surface area contributed by atoms with Crippen molar-refractivity contribution in [3.05, 3.63) is 46.2 Å². The molecule has 1 atom stereocenters. The largest absolute Gasteiger partial charge is 0.370 e. The summed E-state index contributed by atoms with van der Waals surface area (Å²) >= 11 is 3.48. The summed E-state index contributed by atoms with van der Waals surface area (Å²) in [4.78, 5) is 2.44. The van der Waals surface area contributed by atoms with E-state index in [-0.39, 0.29) is 0 Å². The van der Waals surface area contributed by atoms with E-state index >= 15 is 0 Å². The van der Waals surface area contributed by atoms with Gasteiger partial charge in [0.05, 0.1) is 6.20 Å². The van der Waals surface area contributed by atoms with Gasteiger partial charge in [-0.05, 0) is 37.6 Å². The maximum atomic E-state index is 4.06. The van der Waals surface area contributed by atoms with E-state index in [0.717, 1.165) is 29.8 Å². The average Bonchev–Trinajstić information content (AvgIpc) is 3.06. The molecule has 1 aliphatic rings. The number of nitrogens with zero attached hydrogens (tertiary/aromatic N) is 2. The number of rotatable bonds is 4. The van der Waals surface area contributed by atoms with Gasteiger partial charge < -0.3 is 10.2 Å². The third-order valence-electron chi connectivity index (χ3n) is 3.90. The number of nitrogens with one attached hydrogen (secondary N) is 2. The molecule has 1 aliphatic heterocycles. The van der Waals surface area contributed by atoms with Crippen LogP contribution in [0.3, 0.4) is 0 Å². The topological polar surface area (TPSA) is 44.0 Å². The minimum Gasteiger partial charge on any atom is -0.370 e. The standard InChI is InChI=1S/C15H19BrN4/c1-11-12(9-18-19-11)8-17-14-6-7-20(10-14)15-4-2-13(16)3-5-15/h2-5,9,14,17H,6-8,10H2,1H3,(H,18,19)/t14-/m0/s1. The number of halogens is 1. The minimum atomic E-state index is 0.549. The van der Waals surface area contributed by atoms with E-state index in [4.69, 9.17) is 0 Å². The Bertz CT molecular complexity index is 564. The third kappa shape index (κ3) is 3.04. The lowest BCUT2D eigenvalue weighted by atomic mass is 10.2. The van der Waals surface area contributed by atoms with Crippen LogP contribution in [0.25, 0.3) is 0 Å². The molecule has 2 aromatic rings. The lowest BCUT2D eigenvalue weighted by Crippen LogP contribution is -2.32. The Balaban J connectivity index is 1.54. The number of aromatic nitrogens is 2. The smallest absolute Gasteiger partial charge is 0.0535 e. The van der Waals surface area contributed by atoms with Crippen LogP contribution >= 0.6 is 15.9 Å². The van der Waals surface area contributed by atoms with Gasteiger partial charge in [0.15, 0.2) is 0 Å². The van der Waals surface area contributed by atoms with Crippen molar-refractivity contribution in [1.29, 1.82) is 0 Å². The maximum absolute atomic E-state index is 4.06. The maximum Gasteiger partial charge on any atom is 0.0535 e. The first kappa shape index (κ1) is 13.6. The molecule has 1 aromatic carbocycles. The normalized spacial score (nSPS) is 18.7. The van der Waals surface area contributed by atoms with Gasteiger partial charge in [0.2, 0.25) is 0 Å². The molecular formula is C15H19BrN4. The van der Waals surface area contributed by atoms with Crippen LogP contribution in [-0.4, -0.2) is 29.3 Å². The summed E-state index contributed by atoms with van der Waals surface area (Å²) in [6.45, 7) is 5.14. The highest BCUT2D eigenvalue weighted by Gasteiger charge is 2.22. The van der Waals surface area contributed by atoms with Crippen molar-refractivity contribution in [1.82, 2.24) is 15.5 Å². The van der Waals surface area contributed by atoms with Gasteiger partial charge in [0.1, 0.15) is 0 Å². The van der Waals surface area contributed by atoms with Crippen LogP contribution in [0.4, 0.5) is 5.69 Å². The second-order valence-corrected chi connectivity index (χ2v) is 6.22. The van der Waals surface area contributed by atoms with Crippen LogP contribution in [0.1, 0.15) is 17.7 Å². The fourth-order valence-corrected chi connectivity index (χ4v) is 2.89. The molecule has 0 bridgehead atoms. The zero-order valence-electron chi connectivity index (χ0n) is 11.6. The molecule has 0 unspecified atom stereocenters. The first-order valence-corrected chi connectivity index (χ1v) is 7.74. The SMILES string of the molecule is Cc1[nH]ncc1CN[C@H]1CCN(c2ccc(Br)cc2)C1. The molecule has 0 aliphatic carbocycles. The van der Waals surface area contributed by atoms with Crippen LogP contribution in [0.5, 0.6) is 0 Å². The van der Waals surface area contributed by atoms with Gasteiger partial charge in [-0.15, -0.1) is 0 Å². The summed E-state index contributed by atoms with van der Waals surface area (Å²) < 4.78 is 1.13. The highest BCUT2D eigenvalue weighted by Crippen LogP contribution is 2.22. The predicted molar refractivity (Wildman–Crippen MR) is 84.9 cm³/mol. The summed E-state index contributed by atoms with van der Waals surface area (Å²) in [7, 11) is 0. The van der Waals surface area contributed by atoms with Gasteiger partial charge in [-0.1, -0.05) is 15.9 Å². The van der Waals surface area contributed by atoms with E-state index in [1.54, 1.807) is 0 Å². The van der Waals surface area contributed by atoms with Crippen molar-refractivity contribution < 1.29 is 0 Å². The van der Waals surface area contributed by atoms with Gasteiger partial charge in [-0.3, -0.25) is 5.10 Å². The highest BCUT2D eigenvalue weighted by molar-refractivity contribution is 9.10. The zero-order chi connectivity index (χ0) is 13.9. The molecule has 5 heteroatoms. The number of benzene rings is 1. The molecule has 0 spiro atoms. The number of aromatic amines is 1. The first-order valence-electron chi connectivity index (χ1n) is 6.95. The lowest BCUT2D eigenvalue weighted by molar-refractivity contribution is 0.550. The Hall–Kier alpha value is -1.33. The summed E-state index contributed by atoms with van der Waals surface area (Å²) in [6.07, 6.45) is 3.09. The van der Waals surface area contributed by atoms with Crippen LogP contribution in [0, 0.1) is 6.92 Å². The predicted octanol–water partition coefficient (Wildman–Crippen LogP) is 2.85. The molecule has 1 saturated heterocycles. The van der Waals surface area contributed by atoms with Gasteiger partial charge >= 0.3 is 0 Å². The summed E-state index contributed by atoms with van der Waals surface area (Å²) in [6, 6.07) is 9.10. The molecule has 2 heterocycles. The van der Waals surface area contributed by atoms with E-state index in [0.29, 0.717) is 6.04 Å². The molecule has 0 saturated carbocycles. The highest BCUT2D eigenvalue weighted by atomic mass is 79.9. The Kier molecular flexibility index (Phi) is 4.08. The summed E-state index contributed by atoms with van der Waals surface area (Å²) in [5, 5.41) is 10.7. The minimum absolute atomic E-state index is 0.549. The zero-order valence-corrected chi connectivity index (χ0v) is 13.2. The molecule has 1 aromatic heterocycles. The Morgan fingerprint density at radius 2 is 2.20 bits per heavy atom. The van der Waals surface area contributed by atoms with Crippen LogP contribution in [-0.2, 0) is 6.54 Å². The van der Waals surface area contributed by atoms with Crippen LogP contribution in [0.15, 0.2) is 34.9 Å². The number of hydrogen-bond acceptors (Lipinski definition) is 3. The number of H-pyrrole nitrogens is 1. The second-order valence-electron chi connectivity index (χ2n) is 5.31. The second kappa shape index (κ2) is 5.97. The summed E-state index contributed by atoms with van der Waals surface area (Å²) in [5.74, 6) is 0. The molecule has 4 nitrogen and oxygen atoms in total. The van der Waals surface area contributed by atoms with Crippen molar-refractivity contribution in [2.45, 2.75) is 25.9 Å². The molecule has 0 radical (unpaired) electrons.